The first-order valence-electron chi connectivity index (χ1n) is 6.81. The average molecular weight is 293 g/mol. The first kappa shape index (κ1) is 15.5. The van der Waals surface area contributed by atoms with Crippen molar-refractivity contribution >= 4 is 11.9 Å². The maximum absolute atomic E-state index is 12.0. The Bertz CT molecular complexity index is 529. The van der Waals surface area contributed by atoms with Crippen LogP contribution in [0.1, 0.15) is 21.5 Å². The molecule has 1 aliphatic heterocycles. The number of hydrogen-bond acceptors (Lipinski definition) is 4. The second kappa shape index (κ2) is 7.19. The third-order valence-electron chi connectivity index (χ3n) is 3.48. The van der Waals surface area contributed by atoms with Crippen LogP contribution < -0.4 is 0 Å². The molecule has 1 aromatic carbocycles. The van der Waals surface area contributed by atoms with E-state index in [1.807, 2.05) is 6.07 Å². The molecule has 1 amide bonds. The SMILES string of the molecule is COCCOCC(=O)N1CCc2ccc(C(=O)O)cc2C1. The minimum Gasteiger partial charge on any atom is -0.478 e. The van der Waals surface area contributed by atoms with E-state index >= 15 is 0 Å². The number of carbonyl (C=O) groups excluding carboxylic acids is 1. The van der Waals surface area contributed by atoms with Crippen LogP contribution in [0.2, 0.25) is 0 Å². The Balaban J connectivity index is 1.96. The van der Waals surface area contributed by atoms with Gasteiger partial charge in [0.1, 0.15) is 6.61 Å². The van der Waals surface area contributed by atoms with E-state index in [-0.39, 0.29) is 18.1 Å². The average Bonchev–Trinajstić information content (AvgIpc) is 2.50. The molecule has 0 saturated carbocycles. The number of hydrogen-bond donors (Lipinski definition) is 1. The van der Waals surface area contributed by atoms with Gasteiger partial charge in [-0.15, -0.1) is 0 Å². The Hall–Kier alpha value is -1.92. The fourth-order valence-corrected chi connectivity index (χ4v) is 2.30. The van der Waals surface area contributed by atoms with E-state index in [1.54, 1.807) is 24.1 Å². The number of carboxylic acids is 1. The van der Waals surface area contributed by atoms with Crippen LogP contribution in [0.25, 0.3) is 0 Å². The molecule has 0 aliphatic carbocycles. The van der Waals surface area contributed by atoms with Crippen molar-refractivity contribution in [2.75, 3.05) is 33.5 Å². The van der Waals surface area contributed by atoms with E-state index in [2.05, 4.69) is 0 Å². The Morgan fingerprint density at radius 2 is 2.10 bits per heavy atom. The number of nitrogens with zero attached hydrogens (tertiary/aromatic N) is 1. The van der Waals surface area contributed by atoms with E-state index in [4.69, 9.17) is 14.6 Å². The van der Waals surface area contributed by atoms with Gasteiger partial charge in [0.15, 0.2) is 0 Å². The molecule has 6 nitrogen and oxygen atoms in total. The molecule has 1 aromatic rings. The van der Waals surface area contributed by atoms with Crippen LogP contribution in [0.5, 0.6) is 0 Å². The number of methoxy groups -OCH3 is 1. The summed E-state index contributed by atoms with van der Waals surface area (Å²) in [6, 6.07) is 5.07. The van der Waals surface area contributed by atoms with Crippen molar-refractivity contribution in [3.05, 3.63) is 34.9 Å². The van der Waals surface area contributed by atoms with Gasteiger partial charge in [0.05, 0.1) is 18.8 Å². The van der Waals surface area contributed by atoms with Gasteiger partial charge in [0, 0.05) is 20.2 Å². The molecule has 1 aliphatic rings. The van der Waals surface area contributed by atoms with Crippen molar-refractivity contribution < 1.29 is 24.2 Å². The monoisotopic (exact) mass is 293 g/mol. The van der Waals surface area contributed by atoms with Gasteiger partial charge in [-0.05, 0) is 29.7 Å². The van der Waals surface area contributed by atoms with Crippen molar-refractivity contribution in [3.63, 3.8) is 0 Å². The quantitative estimate of drug-likeness (QED) is 0.790. The van der Waals surface area contributed by atoms with Crippen LogP contribution in [0, 0.1) is 0 Å². The summed E-state index contributed by atoms with van der Waals surface area (Å²) < 4.78 is 10.1. The molecule has 114 valence electrons. The number of amides is 1. The minimum atomic E-state index is -0.954. The van der Waals surface area contributed by atoms with Gasteiger partial charge < -0.3 is 19.5 Å². The maximum Gasteiger partial charge on any atom is 0.335 e. The molecular weight excluding hydrogens is 274 g/mol. The molecule has 0 spiro atoms. The molecular formula is C15H19NO5. The number of carboxylic acid groups (broad SMARTS) is 1. The molecule has 2 rings (SSSR count). The van der Waals surface area contributed by atoms with Crippen LogP contribution in [-0.4, -0.2) is 55.4 Å². The molecule has 0 saturated heterocycles. The second-order valence-corrected chi connectivity index (χ2v) is 4.90. The van der Waals surface area contributed by atoms with Crippen LogP contribution in [0.4, 0.5) is 0 Å². The smallest absolute Gasteiger partial charge is 0.335 e. The van der Waals surface area contributed by atoms with Crippen LogP contribution in [-0.2, 0) is 27.2 Å². The Labute approximate surface area is 123 Å². The molecule has 1 N–H and O–H groups in total. The second-order valence-electron chi connectivity index (χ2n) is 4.90. The molecule has 0 unspecified atom stereocenters. The molecule has 0 atom stereocenters. The highest BCUT2D eigenvalue weighted by molar-refractivity contribution is 5.88. The van der Waals surface area contributed by atoms with Crippen LogP contribution >= 0.6 is 0 Å². The van der Waals surface area contributed by atoms with E-state index in [9.17, 15) is 9.59 Å². The summed E-state index contributed by atoms with van der Waals surface area (Å²) in [4.78, 5) is 24.7. The molecule has 0 radical (unpaired) electrons. The van der Waals surface area contributed by atoms with Crippen molar-refractivity contribution in [2.24, 2.45) is 0 Å². The topological polar surface area (TPSA) is 76.1 Å². The number of aromatic carboxylic acids is 1. The molecule has 6 heteroatoms. The van der Waals surface area contributed by atoms with Crippen molar-refractivity contribution in [1.82, 2.24) is 4.90 Å². The zero-order valence-corrected chi connectivity index (χ0v) is 12.0. The number of rotatable bonds is 6. The largest absolute Gasteiger partial charge is 0.478 e. The lowest BCUT2D eigenvalue weighted by Crippen LogP contribution is -2.38. The van der Waals surface area contributed by atoms with Gasteiger partial charge in [-0.3, -0.25) is 4.79 Å². The highest BCUT2D eigenvalue weighted by Crippen LogP contribution is 2.20. The molecule has 0 fully saturated rings. The first-order valence-corrected chi connectivity index (χ1v) is 6.81. The van der Waals surface area contributed by atoms with Gasteiger partial charge >= 0.3 is 5.97 Å². The van der Waals surface area contributed by atoms with Crippen molar-refractivity contribution in [3.8, 4) is 0 Å². The molecule has 0 aromatic heterocycles. The summed E-state index contributed by atoms with van der Waals surface area (Å²) in [7, 11) is 1.58. The van der Waals surface area contributed by atoms with Crippen molar-refractivity contribution in [1.29, 1.82) is 0 Å². The highest BCUT2D eigenvalue weighted by Gasteiger charge is 2.21. The van der Waals surface area contributed by atoms with E-state index in [0.717, 1.165) is 17.5 Å². The maximum atomic E-state index is 12.0. The summed E-state index contributed by atoms with van der Waals surface area (Å²) in [6.07, 6.45) is 0.735. The summed E-state index contributed by atoms with van der Waals surface area (Å²) in [5.41, 5.74) is 2.25. The van der Waals surface area contributed by atoms with Gasteiger partial charge in [-0.1, -0.05) is 6.07 Å². The Morgan fingerprint density at radius 3 is 2.81 bits per heavy atom. The first-order chi connectivity index (χ1) is 10.1. The third kappa shape index (κ3) is 4.03. The standard InChI is InChI=1S/C15H19NO5/c1-20-6-7-21-10-14(17)16-5-4-11-2-3-12(15(18)19)8-13(11)9-16/h2-3,8H,4-7,9-10H2,1H3,(H,18,19). The fourth-order valence-electron chi connectivity index (χ4n) is 2.30. The predicted molar refractivity (Wildman–Crippen MR) is 75.2 cm³/mol. The van der Waals surface area contributed by atoms with Gasteiger partial charge in [-0.2, -0.15) is 0 Å². The minimum absolute atomic E-state index is 0.0251. The van der Waals surface area contributed by atoms with Crippen LogP contribution in [0.15, 0.2) is 18.2 Å². The molecule has 21 heavy (non-hydrogen) atoms. The lowest BCUT2D eigenvalue weighted by molar-refractivity contribution is -0.137. The van der Waals surface area contributed by atoms with Crippen molar-refractivity contribution in [2.45, 2.75) is 13.0 Å². The number of benzene rings is 1. The zero-order valence-electron chi connectivity index (χ0n) is 12.0. The fraction of sp³-hybridized carbons (Fsp3) is 0.467. The van der Waals surface area contributed by atoms with E-state index < -0.39 is 5.97 Å². The summed E-state index contributed by atoms with van der Waals surface area (Å²) in [5.74, 6) is -1.04. The summed E-state index contributed by atoms with van der Waals surface area (Å²) in [5, 5.41) is 9.02. The Morgan fingerprint density at radius 1 is 1.29 bits per heavy atom. The lowest BCUT2D eigenvalue weighted by Gasteiger charge is -2.29. The third-order valence-corrected chi connectivity index (χ3v) is 3.48. The molecule has 0 bridgehead atoms. The zero-order chi connectivity index (χ0) is 15.2. The molecule has 1 heterocycles. The van der Waals surface area contributed by atoms with Gasteiger partial charge in [-0.25, -0.2) is 4.79 Å². The van der Waals surface area contributed by atoms with Gasteiger partial charge in [0.25, 0.3) is 0 Å². The Kier molecular flexibility index (Phi) is 5.30. The number of ether oxygens (including phenoxy) is 2. The lowest BCUT2D eigenvalue weighted by atomic mass is 9.97. The van der Waals surface area contributed by atoms with E-state index in [1.165, 1.54) is 0 Å². The van der Waals surface area contributed by atoms with Crippen LogP contribution in [0.3, 0.4) is 0 Å². The highest BCUT2D eigenvalue weighted by atomic mass is 16.5. The number of carbonyl (C=O) groups is 2. The normalized spacial score (nSPS) is 13.9. The summed E-state index contributed by atoms with van der Waals surface area (Å²) in [6.45, 7) is 1.93. The number of fused-ring (bicyclic) bond motifs is 1. The predicted octanol–water partition coefficient (Wildman–Crippen LogP) is 0.932. The summed E-state index contributed by atoms with van der Waals surface area (Å²) >= 11 is 0. The van der Waals surface area contributed by atoms with Gasteiger partial charge in [0.2, 0.25) is 5.91 Å². The van der Waals surface area contributed by atoms with E-state index in [0.29, 0.717) is 26.3 Å².